The van der Waals surface area contributed by atoms with Gasteiger partial charge >= 0.3 is 6.09 Å². The number of hydrogen-bond donors (Lipinski definition) is 2. The van der Waals surface area contributed by atoms with Crippen LogP contribution in [0.5, 0.6) is 0 Å². The van der Waals surface area contributed by atoms with E-state index in [2.05, 4.69) is 26.6 Å². The Morgan fingerprint density at radius 2 is 2.08 bits per heavy atom. The molecule has 1 aromatic rings. The molecule has 6 nitrogen and oxygen atoms in total. The zero-order valence-corrected chi connectivity index (χ0v) is 15.5. The van der Waals surface area contributed by atoms with E-state index in [0.717, 1.165) is 23.0 Å². The molecule has 7 heteroatoms. The van der Waals surface area contributed by atoms with Crippen molar-refractivity contribution in [2.24, 2.45) is 0 Å². The van der Waals surface area contributed by atoms with Gasteiger partial charge in [0, 0.05) is 42.3 Å². The van der Waals surface area contributed by atoms with Crippen molar-refractivity contribution in [2.75, 3.05) is 31.6 Å². The summed E-state index contributed by atoms with van der Waals surface area (Å²) in [4.78, 5) is 25.3. The molecule has 0 aromatic heterocycles. The van der Waals surface area contributed by atoms with Gasteiger partial charge in [-0.3, -0.25) is 4.79 Å². The molecule has 1 aromatic carbocycles. The molecule has 1 saturated heterocycles. The molecule has 1 fully saturated rings. The average molecular weight is 398 g/mol. The third-order valence-corrected chi connectivity index (χ3v) is 4.39. The minimum Gasteiger partial charge on any atom is -0.450 e. The van der Waals surface area contributed by atoms with Crippen LogP contribution >= 0.6 is 15.9 Å². The Balaban J connectivity index is 1.64. The molecular formula is C17H24BrN3O3. The predicted octanol–water partition coefficient (Wildman–Crippen LogP) is 2.99. The highest BCUT2D eigenvalue weighted by Crippen LogP contribution is 2.15. The number of carbonyl (C=O) groups is 2. The standard InChI is InChI=1S/C17H24BrN3O3/c1-2-24-17(23)21-10-7-14(8-11-21)20-16(22)6-9-19-15-5-3-4-13(18)12-15/h3-5,12,14,19H,2,6-11H2,1H3,(H,20,22). The van der Waals surface area contributed by atoms with Gasteiger partial charge in [0.05, 0.1) is 6.61 Å². The minimum absolute atomic E-state index is 0.0343. The molecule has 1 aliphatic heterocycles. The highest BCUT2D eigenvalue weighted by molar-refractivity contribution is 9.10. The summed E-state index contributed by atoms with van der Waals surface area (Å²) in [7, 11) is 0. The van der Waals surface area contributed by atoms with Gasteiger partial charge in [0.1, 0.15) is 0 Å². The average Bonchev–Trinajstić information content (AvgIpc) is 2.56. The molecule has 0 spiro atoms. The fourth-order valence-corrected chi connectivity index (χ4v) is 3.04. The zero-order valence-electron chi connectivity index (χ0n) is 13.9. The molecule has 0 saturated carbocycles. The summed E-state index contributed by atoms with van der Waals surface area (Å²) >= 11 is 3.42. The lowest BCUT2D eigenvalue weighted by molar-refractivity contribution is -0.121. The maximum atomic E-state index is 12.0. The lowest BCUT2D eigenvalue weighted by Crippen LogP contribution is -2.46. The van der Waals surface area contributed by atoms with Crippen LogP contribution in [0, 0.1) is 0 Å². The van der Waals surface area contributed by atoms with Gasteiger partial charge in [-0.25, -0.2) is 4.79 Å². The molecule has 1 aliphatic rings. The van der Waals surface area contributed by atoms with E-state index < -0.39 is 0 Å². The van der Waals surface area contributed by atoms with Gasteiger partial charge in [-0.1, -0.05) is 22.0 Å². The molecular weight excluding hydrogens is 374 g/mol. The maximum Gasteiger partial charge on any atom is 0.409 e. The fourth-order valence-electron chi connectivity index (χ4n) is 2.64. The number of benzene rings is 1. The van der Waals surface area contributed by atoms with Crippen molar-refractivity contribution >= 4 is 33.6 Å². The summed E-state index contributed by atoms with van der Waals surface area (Å²) < 4.78 is 5.99. The molecule has 0 radical (unpaired) electrons. The lowest BCUT2D eigenvalue weighted by Gasteiger charge is -2.31. The van der Waals surface area contributed by atoms with E-state index in [-0.39, 0.29) is 18.0 Å². The van der Waals surface area contributed by atoms with Crippen molar-refractivity contribution in [1.29, 1.82) is 0 Å². The van der Waals surface area contributed by atoms with Crippen LogP contribution in [0.2, 0.25) is 0 Å². The van der Waals surface area contributed by atoms with E-state index in [4.69, 9.17) is 4.74 Å². The Morgan fingerprint density at radius 3 is 2.75 bits per heavy atom. The highest BCUT2D eigenvalue weighted by atomic mass is 79.9. The van der Waals surface area contributed by atoms with Crippen LogP contribution < -0.4 is 10.6 Å². The first kappa shape index (κ1) is 18.6. The van der Waals surface area contributed by atoms with Crippen LogP contribution in [0.4, 0.5) is 10.5 Å². The Morgan fingerprint density at radius 1 is 1.33 bits per heavy atom. The number of ether oxygens (including phenoxy) is 1. The number of nitrogens with zero attached hydrogens (tertiary/aromatic N) is 1. The normalized spacial score (nSPS) is 15.0. The van der Waals surface area contributed by atoms with Crippen molar-refractivity contribution in [1.82, 2.24) is 10.2 Å². The van der Waals surface area contributed by atoms with Gasteiger partial charge in [0.2, 0.25) is 5.91 Å². The molecule has 1 heterocycles. The lowest BCUT2D eigenvalue weighted by atomic mass is 10.1. The summed E-state index contributed by atoms with van der Waals surface area (Å²) in [5.74, 6) is 0.0343. The number of amides is 2. The SMILES string of the molecule is CCOC(=O)N1CCC(NC(=O)CCNc2cccc(Br)c2)CC1. The van der Waals surface area contributed by atoms with Gasteiger partial charge in [0.15, 0.2) is 0 Å². The smallest absolute Gasteiger partial charge is 0.409 e. The van der Waals surface area contributed by atoms with Crippen LogP contribution in [0.25, 0.3) is 0 Å². The molecule has 24 heavy (non-hydrogen) atoms. The molecule has 0 atom stereocenters. The first-order valence-corrected chi connectivity index (χ1v) is 9.08. The Labute approximate surface area is 151 Å². The number of carbonyl (C=O) groups excluding carboxylic acids is 2. The van der Waals surface area contributed by atoms with Crippen LogP contribution in [0.1, 0.15) is 26.2 Å². The number of nitrogens with one attached hydrogen (secondary N) is 2. The predicted molar refractivity (Wildman–Crippen MR) is 97.0 cm³/mol. The largest absolute Gasteiger partial charge is 0.450 e. The molecule has 2 amide bonds. The number of rotatable bonds is 6. The summed E-state index contributed by atoms with van der Waals surface area (Å²) in [5, 5.41) is 6.27. The van der Waals surface area contributed by atoms with Crippen molar-refractivity contribution < 1.29 is 14.3 Å². The van der Waals surface area contributed by atoms with Gasteiger partial charge in [0.25, 0.3) is 0 Å². The van der Waals surface area contributed by atoms with E-state index in [1.54, 1.807) is 11.8 Å². The monoisotopic (exact) mass is 397 g/mol. The summed E-state index contributed by atoms with van der Waals surface area (Å²) in [6.45, 7) is 4.03. The number of anilines is 1. The molecule has 2 rings (SSSR count). The summed E-state index contributed by atoms with van der Waals surface area (Å²) in [6.07, 6.45) is 1.69. The zero-order chi connectivity index (χ0) is 17.4. The topological polar surface area (TPSA) is 70.7 Å². The van der Waals surface area contributed by atoms with Crippen molar-refractivity contribution in [3.05, 3.63) is 28.7 Å². The van der Waals surface area contributed by atoms with E-state index in [1.807, 2.05) is 24.3 Å². The first-order chi connectivity index (χ1) is 11.6. The summed E-state index contributed by atoms with van der Waals surface area (Å²) in [6, 6.07) is 7.98. The molecule has 2 N–H and O–H groups in total. The quantitative estimate of drug-likeness (QED) is 0.773. The van der Waals surface area contributed by atoms with E-state index in [1.165, 1.54) is 0 Å². The molecule has 0 aliphatic carbocycles. The van der Waals surface area contributed by atoms with Crippen molar-refractivity contribution in [3.8, 4) is 0 Å². The van der Waals surface area contributed by atoms with Crippen LogP contribution in [0.3, 0.4) is 0 Å². The third-order valence-electron chi connectivity index (χ3n) is 3.89. The minimum atomic E-state index is -0.263. The third kappa shape index (κ3) is 6.03. The number of piperidine rings is 1. The van der Waals surface area contributed by atoms with Gasteiger partial charge < -0.3 is 20.3 Å². The Kier molecular flexibility index (Phi) is 7.36. The molecule has 0 unspecified atom stereocenters. The van der Waals surface area contributed by atoms with Gasteiger partial charge in [-0.05, 0) is 38.0 Å². The fraction of sp³-hybridized carbons (Fsp3) is 0.529. The maximum absolute atomic E-state index is 12.0. The Bertz CT molecular complexity index is 560. The second-order valence-electron chi connectivity index (χ2n) is 5.71. The van der Waals surface area contributed by atoms with Crippen molar-refractivity contribution in [3.63, 3.8) is 0 Å². The molecule has 132 valence electrons. The van der Waals surface area contributed by atoms with Gasteiger partial charge in [-0.2, -0.15) is 0 Å². The van der Waals surface area contributed by atoms with E-state index in [9.17, 15) is 9.59 Å². The first-order valence-electron chi connectivity index (χ1n) is 8.29. The second-order valence-corrected chi connectivity index (χ2v) is 6.63. The number of hydrogen-bond acceptors (Lipinski definition) is 4. The molecule has 0 bridgehead atoms. The van der Waals surface area contributed by atoms with Crippen LogP contribution in [-0.4, -0.2) is 49.2 Å². The van der Waals surface area contributed by atoms with Gasteiger partial charge in [-0.15, -0.1) is 0 Å². The van der Waals surface area contributed by atoms with Crippen molar-refractivity contribution in [2.45, 2.75) is 32.2 Å². The number of likely N-dealkylation sites (tertiary alicyclic amines) is 1. The van der Waals surface area contributed by atoms with E-state index >= 15 is 0 Å². The highest BCUT2D eigenvalue weighted by Gasteiger charge is 2.24. The second kappa shape index (κ2) is 9.52. The van der Waals surface area contributed by atoms with Crippen LogP contribution in [-0.2, 0) is 9.53 Å². The summed E-state index contributed by atoms with van der Waals surface area (Å²) in [5.41, 5.74) is 0.986. The number of halogens is 1. The van der Waals surface area contributed by atoms with Crippen LogP contribution in [0.15, 0.2) is 28.7 Å². The Hall–Kier alpha value is -1.76. The van der Waals surface area contributed by atoms with E-state index in [0.29, 0.717) is 32.7 Å².